The van der Waals surface area contributed by atoms with Gasteiger partial charge >= 0.3 is 12.1 Å². The number of ether oxygens (including phenoxy) is 1. The van der Waals surface area contributed by atoms with Crippen molar-refractivity contribution in [2.75, 3.05) is 6.61 Å². The summed E-state index contributed by atoms with van der Waals surface area (Å²) in [5.41, 5.74) is 1.80. The van der Waals surface area contributed by atoms with Crippen LogP contribution in [0.5, 0.6) is 5.75 Å². The number of unbranched alkanes of at least 4 members (excludes halogenated alkanes) is 1. The van der Waals surface area contributed by atoms with Gasteiger partial charge in [-0.2, -0.15) is 18.3 Å². The lowest BCUT2D eigenvalue weighted by atomic mass is 10.0. The number of aliphatic carboxylic acids is 1. The molecule has 0 amide bonds. The van der Waals surface area contributed by atoms with E-state index in [9.17, 15) is 18.0 Å². The Bertz CT molecular complexity index is 1080. The average molecular weight is 461 g/mol. The van der Waals surface area contributed by atoms with Gasteiger partial charge in [-0.05, 0) is 60.6 Å². The molecule has 0 radical (unpaired) electrons. The molecule has 176 valence electrons. The Labute approximate surface area is 190 Å². The van der Waals surface area contributed by atoms with E-state index in [1.165, 1.54) is 10.7 Å². The number of pyridine rings is 1. The van der Waals surface area contributed by atoms with Crippen molar-refractivity contribution in [3.63, 3.8) is 0 Å². The first-order valence-electron chi connectivity index (χ1n) is 10.7. The fraction of sp³-hybridized carbons (Fsp3) is 0.375. The highest BCUT2D eigenvalue weighted by atomic mass is 19.4. The summed E-state index contributed by atoms with van der Waals surface area (Å²) in [6.07, 6.45) is 0.522. The van der Waals surface area contributed by atoms with Crippen LogP contribution in [-0.4, -0.2) is 32.4 Å². The van der Waals surface area contributed by atoms with Crippen molar-refractivity contribution in [1.29, 1.82) is 0 Å². The van der Waals surface area contributed by atoms with Gasteiger partial charge in [0.15, 0.2) is 5.82 Å². The minimum atomic E-state index is -4.43. The number of hydrogen-bond donors (Lipinski definition) is 1. The van der Waals surface area contributed by atoms with Crippen molar-refractivity contribution >= 4 is 5.97 Å². The van der Waals surface area contributed by atoms with Gasteiger partial charge in [0.2, 0.25) is 0 Å². The lowest BCUT2D eigenvalue weighted by Crippen LogP contribution is -2.07. The molecule has 0 bridgehead atoms. The van der Waals surface area contributed by atoms with E-state index >= 15 is 0 Å². The molecule has 0 aliphatic carbocycles. The summed E-state index contributed by atoms with van der Waals surface area (Å²) in [6.45, 7) is 4.52. The Kier molecular flexibility index (Phi) is 7.73. The highest BCUT2D eigenvalue weighted by Gasteiger charge is 2.30. The number of benzene rings is 1. The number of carboxylic acids is 1. The monoisotopic (exact) mass is 461 g/mol. The Morgan fingerprint density at radius 1 is 1.18 bits per heavy atom. The van der Waals surface area contributed by atoms with Crippen molar-refractivity contribution in [3.8, 4) is 11.6 Å². The first-order chi connectivity index (χ1) is 15.6. The Balaban J connectivity index is 1.58. The van der Waals surface area contributed by atoms with Crippen LogP contribution in [-0.2, 0) is 23.8 Å². The number of nitrogens with zero attached hydrogens (tertiary/aromatic N) is 3. The molecule has 3 aromatic rings. The fourth-order valence-electron chi connectivity index (χ4n) is 3.44. The molecule has 0 aliphatic heterocycles. The van der Waals surface area contributed by atoms with Crippen LogP contribution in [0.4, 0.5) is 13.2 Å². The predicted molar refractivity (Wildman–Crippen MR) is 117 cm³/mol. The van der Waals surface area contributed by atoms with Gasteiger partial charge in [0, 0.05) is 12.4 Å². The number of aryl methyl sites for hydroxylation is 1. The summed E-state index contributed by atoms with van der Waals surface area (Å²) in [5.74, 6) is 0.239. The molecule has 1 aromatic carbocycles. The summed E-state index contributed by atoms with van der Waals surface area (Å²) in [6, 6.07) is 9.36. The highest BCUT2D eigenvalue weighted by Crippen LogP contribution is 2.29. The quantitative estimate of drug-likeness (QED) is 0.407. The molecule has 2 heterocycles. The van der Waals surface area contributed by atoms with Crippen molar-refractivity contribution < 1.29 is 27.8 Å². The Morgan fingerprint density at radius 3 is 2.61 bits per heavy atom. The SMILES string of the molecule is CC(C)c1nn(-c2ccc(C(F)(F)F)cn2)cc1CCCCOc1cccc(CC(=O)O)c1. The third kappa shape index (κ3) is 6.81. The van der Waals surface area contributed by atoms with Gasteiger partial charge in [0.05, 0.1) is 24.3 Å². The van der Waals surface area contributed by atoms with Gasteiger partial charge in [0.1, 0.15) is 5.75 Å². The summed E-state index contributed by atoms with van der Waals surface area (Å²) in [5, 5.41) is 13.4. The van der Waals surface area contributed by atoms with Gasteiger partial charge < -0.3 is 9.84 Å². The third-order valence-corrected chi connectivity index (χ3v) is 5.04. The molecule has 3 rings (SSSR count). The molecule has 0 aliphatic rings. The molecule has 0 saturated carbocycles. The molecule has 0 fully saturated rings. The van der Waals surface area contributed by atoms with Crippen LogP contribution in [0.1, 0.15) is 55.0 Å². The largest absolute Gasteiger partial charge is 0.494 e. The van der Waals surface area contributed by atoms with E-state index in [1.54, 1.807) is 24.3 Å². The number of carboxylic acid groups (broad SMARTS) is 1. The van der Waals surface area contributed by atoms with E-state index in [0.29, 0.717) is 23.7 Å². The molecule has 6 nitrogen and oxygen atoms in total. The van der Waals surface area contributed by atoms with Crippen LogP contribution in [0.2, 0.25) is 0 Å². The van der Waals surface area contributed by atoms with Crippen molar-refractivity contribution in [2.24, 2.45) is 0 Å². The first-order valence-corrected chi connectivity index (χ1v) is 10.7. The third-order valence-electron chi connectivity index (χ3n) is 5.04. The van der Waals surface area contributed by atoms with Crippen LogP contribution >= 0.6 is 0 Å². The minimum Gasteiger partial charge on any atom is -0.494 e. The van der Waals surface area contributed by atoms with Gasteiger partial charge in [0.25, 0.3) is 0 Å². The summed E-state index contributed by atoms with van der Waals surface area (Å²) >= 11 is 0. The summed E-state index contributed by atoms with van der Waals surface area (Å²) in [4.78, 5) is 14.8. The molecule has 1 N–H and O–H groups in total. The molecule has 33 heavy (non-hydrogen) atoms. The topological polar surface area (TPSA) is 77.2 Å². The normalized spacial score (nSPS) is 11.7. The second-order valence-corrected chi connectivity index (χ2v) is 8.07. The molecule has 0 spiro atoms. The molecule has 0 atom stereocenters. The molecule has 0 saturated heterocycles. The minimum absolute atomic E-state index is 0.0487. The molecule has 2 aromatic heterocycles. The molecule has 9 heteroatoms. The smallest absolute Gasteiger partial charge is 0.417 e. The fourth-order valence-corrected chi connectivity index (χ4v) is 3.44. The predicted octanol–water partition coefficient (Wildman–Crippen LogP) is 5.44. The highest BCUT2D eigenvalue weighted by molar-refractivity contribution is 5.70. The molecule has 0 unspecified atom stereocenters. The average Bonchev–Trinajstić information content (AvgIpc) is 3.17. The maximum atomic E-state index is 12.8. The number of rotatable bonds is 10. The van der Waals surface area contributed by atoms with Gasteiger partial charge in [-0.3, -0.25) is 4.79 Å². The van der Waals surface area contributed by atoms with Gasteiger partial charge in [-0.1, -0.05) is 26.0 Å². The van der Waals surface area contributed by atoms with Crippen LogP contribution in [0.3, 0.4) is 0 Å². The number of alkyl halides is 3. The number of carbonyl (C=O) groups is 1. The van der Waals surface area contributed by atoms with Crippen LogP contribution < -0.4 is 4.74 Å². The van der Waals surface area contributed by atoms with Crippen molar-refractivity contribution in [3.05, 3.63) is 71.2 Å². The van der Waals surface area contributed by atoms with E-state index < -0.39 is 17.7 Å². The second kappa shape index (κ2) is 10.5. The van der Waals surface area contributed by atoms with Crippen LogP contribution in [0, 0.1) is 0 Å². The lowest BCUT2D eigenvalue weighted by Gasteiger charge is -2.08. The van der Waals surface area contributed by atoms with Crippen LogP contribution in [0.25, 0.3) is 5.82 Å². The van der Waals surface area contributed by atoms with E-state index in [-0.39, 0.29) is 12.3 Å². The second-order valence-electron chi connectivity index (χ2n) is 8.07. The lowest BCUT2D eigenvalue weighted by molar-refractivity contribution is -0.138. The van der Waals surface area contributed by atoms with Gasteiger partial charge in [-0.15, -0.1) is 0 Å². The van der Waals surface area contributed by atoms with Crippen LogP contribution in [0.15, 0.2) is 48.8 Å². The standard InChI is InChI=1S/C24H26F3N3O3/c1-16(2)23-18(15-30(29-23)21-10-9-19(14-28-21)24(25,26)27)7-3-4-11-33-20-8-5-6-17(12-20)13-22(31)32/h5-6,8-10,12,14-16H,3-4,7,11,13H2,1-2H3,(H,31,32). The molecular formula is C24H26F3N3O3. The zero-order valence-corrected chi connectivity index (χ0v) is 18.5. The first kappa shape index (κ1) is 24.3. The summed E-state index contributed by atoms with van der Waals surface area (Å²) < 4.78 is 45.6. The Morgan fingerprint density at radius 2 is 1.97 bits per heavy atom. The number of halogens is 3. The molecular weight excluding hydrogens is 435 g/mol. The Hall–Kier alpha value is -3.36. The summed E-state index contributed by atoms with van der Waals surface area (Å²) in [7, 11) is 0. The zero-order chi connectivity index (χ0) is 24.0. The van der Waals surface area contributed by atoms with Gasteiger partial charge in [-0.25, -0.2) is 9.67 Å². The maximum Gasteiger partial charge on any atom is 0.417 e. The maximum absolute atomic E-state index is 12.8. The van der Waals surface area contributed by atoms with E-state index in [0.717, 1.165) is 42.8 Å². The van der Waals surface area contributed by atoms with E-state index in [1.807, 2.05) is 20.0 Å². The van der Waals surface area contributed by atoms with Crippen molar-refractivity contribution in [1.82, 2.24) is 14.8 Å². The van der Waals surface area contributed by atoms with E-state index in [4.69, 9.17) is 9.84 Å². The number of hydrogen-bond acceptors (Lipinski definition) is 4. The van der Waals surface area contributed by atoms with E-state index in [2.05, 4.69) is 10.1 Å². The van der Waals surface area contributed by atoms with Crippen molar-refractivity contribution in [2.45, 2.75) is 51.6 Å². The zero-order valence-electron chi connectivity index (χ0n) is 18.5. The number of aromatic nitrogens is 3.